The fourth-order valence-corrected chi connectivity index (χ4v) is 2.79. The quantitative estimate of drug-likeness (QED) is 0.545. The molecule has 7 heteroatoms. The molecule has 1 aromatic rings. The Hall–Kier alpha value is -1.86. The molecular weight excluding hydrogens is 337 g/mol. The van der Waals surface area contributed by atoms with E-state index >= 15 is 0 Å². The molecule has 26 heavy (non-hydrogen) atoms. The number of rotatable bonds is 8. The minimum Gasteiger partial charge on any atom is -0.489 e. The van der Waals surface area contributed by atoms with Crippen LogP contribution in [0, 0.1) is 5.82 Å². The Bertz CT molecular complexity index is 577. The summed E-state index contributed by atoms with van der Waals surface area (Å²) < 4.78 is 30.1. The summed E-state index contributed by atoms with van der Waals surface area (Å²) in [5.41, 5.74) is -0.260. The van der Waals surface area contributed by atoms with Gasteiger partial charge in [0, 0.05) is 45.8 Å². The summed E-state index contributed by atoms with van der Waals surface area (Å²) in [6, 6.07) is 6.15. The topological polar surface area (TPSA) is 64.1 Å². The lowest BCUT2D eigenvalue weighted by Gasteiger charge is -2.34. The van der Waals surface area contributed by atoms with E-state index in [2.05, 4.69) is 15.6 Å². The van der Waals surface area contributed by atoms with Crippen LogP contribution in [0.25, 0.3) is 0 Å². The van der Waals surface area contributed by atoms with Gasteiger partial charge in [-0.2, -0.15) is 0 Å². The van der Waals surface area contributed by atoms with Crippen molar-refractivity contribution in [3.05, 3.63) is 30.1 Å². The molecule has 2 rings (SSSR count). The number of nitrogens with zero attached hydrogens (tertiary/aromatic N) is 1. The van der Waals surface area contributed by atoms with Gasteiger partial charge in [-0.15, -0.1) is 0 Å². The van der Waals surface area contributed by atoms with Crippen molar-refractivity contribution in [2.24, 2.45) is 4.99 Å². The predicted molar refractivity (Wildman–Crippen MR) is 100 cm³/mol. The van der Waals surface area contributed by atoms with Crippen LogP contribution in [0.15, 0.2) is 29.3 Å². The third-order valence-electron chi connectivity index (χ3n) is 4.40. The van der Waals surface area contributed by atoms with Gasteiger partial charge < -0.3 is 24.8 Å². The monoisotopic (exact) mass is 367 g/mol. The molecule has 1 aliphatic rings. The molecule has 1 aliphatic heterocycles. The summed E-state index contributed by atoms with van der Waals surface area (Å²) in [6.07, 6.45) is 1.54. The number of aliphatic imine (C=N–C) groups is 1. The third kappa shape index (κ3) is 6.46. The molecule has 1 atom stereocenters. The van der Waals surface area contributed by atoms with E-state index in [1.165, 1.54) is 12.1 Å². The fraction of sp³-hybridized carbons (Fsp3) is 0.632. The summed E-state index contributed by atoms with van der Waals surface area (Å²) in [7, 11) is 1.73. The fourth-order valence-electron chi connectivity index (χ4n) is 2.79. The van der Waals surface area contributed by atoms with Crippen LogP contribution in [-0.2, 0) is 9.47 Å². The van der Waals surface area contributed by atoms with Crippen molar-refractivity contribution in [3.8, 4) is 5.75 Å². The Morgan fingerprint density at radius 2 is 2.12 bits per heavy atom. The minimum absolute atomic E-state index is 0.139. The van der Waals surface area contributed by atoms with E-state index in [4.69, 9.17) is 14.2 Å². The summed E-state index contributed by atoms with van der Waals surface area (Å²) in [6.45, 7) is 7.22. The maximum Gasteiger partial charge on any atom is 0.191 e. The molecule has 0 saturated carbocycles. The SMILES string of the molecule is CCNC(=NCC1(OC)CCOCC1)NCC(C)Oc1cccc(F)c1. The van der Waals surface area contributed by atoms with E-state index in [0.29, 0.717) is 38.0 Å². The molecule has 1 unspecified atom stereocenters. The van der Waals surface area contributed by atoms with Crippen LogP contribution in [0.5, 0.6) is 5.75 Å². The second kappa shape index (κ2) is 10.3. The largest absolute Gasteiger partial charge is 0.489 e. The van der Waals surface area contributed by atoms with Crippen molar-refractivity contribution >= 4 is 5.96 Å². The number of hydrogen-bond donors (Lipinski definition) is 2. The van der Waals surface area contributed by atoms with E-state index in [-0.39, 0.29) is 17.5 Å². The van der Waals surface area contributed by atoms with Gasteiger partial charge in [0.15, 0.2) is 5.96 Å². The summed E-state index contributed by atoms with van der Waals surface area (Å²) in [5, 5.41) is 6.50. The van der Waals surface area contributed by atoms with Crippen LogP contribution in [0.2, 0.25) is 0 Å². The Morgan fingerprint density at radius 1 is 1.35 bits per heavy atom. The normalized spacial score (nSPS) is 18.2. The molecule has 1 heterocycles. The molecule has 6 nitrogen and oxygen atoms in total. The molecule has 1 fully saturated rings. The number of ether oxygens (including phenoxy) is 3. The lowest BCUT2D eigenvalue weighted by atomic mass is 9.94. The highest BCUT2D eigenvalue weighted by molar-refractivity contribution is 5.79. The highest BCUT2D eigenvalue weighted by Crippen LogP contribution is 2.24. The van der Waals surface area contributed by atoms with E-state index in [1.807, 2.05) is 13.8 Å². The number of nitrogens with one attached hydrogen (secondary N) is 2. The van der Waals surface area contributed by atoms with Gasteiger partial charge in [0.05, 0.1) is 18.7 Å². The van der Waals surface area contributed by atoms with Crippen LogP contribution in [0.4, 0.5) is 4.39 Å². The van der Waals surface area contributed by atoms with Crippen LogP contribution < -0.4 is 15.4 Å². The van der Waals surface area contributed by atoms with Gasteiger partial charge in [-0.25, -0.2) is 4.39 Å². The molecule has 0 bridgehead atoms. The van der Waals surface area contributed by atoms with Crippen molar-refractivity contribution in [2.45, 2.75) is 38.4 Å². The Morgan fingerprint density at radius 3 is 2.77 bits per heavy atom. The second-order valence-electron chi connectivity index (χ2n) is 6.46. The first kappa shape index (κ1) is 20.5. The second-order valence-corrected chi connectivity index (χ2v) is 6.46. The van der Waals surface area contributed by atoms with Crippen LogP contribution in [-0.4, -0.2) is 57.6 Å². The molecule has 1 aromatic carbocycles. The molecule has 0 aromatic heterocycles. The zero-order valence-corrected chi connectivity index (χ0v) is 15.9. The zero-order chi connectivity index (χ0) is 18.8. The molecule has 0 radical (unpaired) electrons. The Kier molecular flexibility index (Phi) is 8.12. The minimum atomic E-state index is -0.307. The van der Waals surface area contributed by atoms with Crippen molar-refractivity contribution in [2.75, 3.05) is 40.0 Å². The molecule has 0 amide bonds. The maximum absolute atomic E-state index is 13.2. The average Bonchev–Trinajstić information content (AvgIpc) is 2.65. The Balaban J connectivity index is 1.88. The predicted octanol–water partition coefficient (Wildman–Crippen LogP) is 2.34. The van der Waals surface area contributed by atoms with Crippen LogP contribution in [0.1, 0.15) is 26.7 Å². The first-order valence-electron chi connectivity index (χ1n) is 9.14. The molecule has 146 valence electrons. The number of halogens is 1. The summed E-state index contributed by atoms with van der Waals surface area (Å²) in [5.74, 6) is 0.922. The smallest absolute Gasteiger partial charge is 0.191 e. The summed E-state index contributed by atoms with van der Waals surface area (Å²) >= 11 is 0. The van der Waals surface area contributed by atoms with Crippen molar-refractivity contribution in [1.29, 1.82) is 0 Å². The highest BCUT2D eigenvalue weighted by atomic mass is 19.1. The third-order valence-corrected chi connectivity index (χ3v) is 4.40. The van der Waals surface area contributed by atoms with E-state index in [1.54, 1.807) is 19.2 Å². The van der Waals surface area contributed by atoms with Crippen LogP contribution >= 0.6 is 0 Å². The number of hydrogen-bond acceptors (Lipinski definition) is 4. The van der Waals surface area contributed by atoms with Gasteiger partial charge in [-0.1, -0.05) is 6.07 Å². The van der Waals surface area contributed by atoms with Crippen LogP contribution in [0.3, 0.4) is 0 Å². The first-order chi connectivity index (χ1) is 12.6. The van der Waals surface area contributed by atoms with Gasteiger partial charge in [0.25, 0.3) is 0 Å². The highest BCUT2D eigenvalue weighted by Gasteiger charge is 2.32. The van der Waals surface area contributed by atoms with E-state index in [9.17, 15) is 4.39 Å². The average molecular weight is 367 g/mol. The standard InChI is InChI=1S/C19H30FN3O3/c1-4-21-18(23-14-19(24-3)8-10-25-11-9-19)22-13-15(2)26-17-7-5-6-16(20)12-17/h5-7,12,15H,4,8-11,13-14H2,1-3H3,(H2,21,22,23). The van der Waals surface area contributed by atoms with Crippen molar-refractivity contribution in [3.63, 3.8) is 0 Å². The molecule has 2 N–H and O–H groups in total. The number of guanidine groups is 1. The lowest BCUT2D eigenvalue weighted by Crippen LogP contribution is -2.45. The molecular formula is C19H30FN3O3. The zero-order valence-electron chi connectivity index (χ0n) is 15.9. The van der Waals surface area contributed by atoms with Gasteiger partial charge in [-0.3, -0.25) is 4.99 Å². The van der Waals surface area contributed by atoms with Crippen molar-refractivity contribution < 1.29 is 18.6 Å². The first-order valence-corrected chi connectivity index (χ1v) is 9.14. The number of methoxy groups -OCH3 is 1. The Labute approximate surface area is 155 Å². The molecule has 1 saturated heterocycles. The summed E-state index contributed by atoms with van der Waals surface area (Å²) in [4.78, 5) is 4.67. The molecule has 0 aliphatic carbocycles. The van der Waals surface area contributed by atoms with Gasteiger partial charge >= 0.3 is 0 Å². The van der Waals surface area contributed by atoms with Gasteiger partial charge in [0.2, 0.25) is 0 Å². The maximum atomic E-state index is 13.2. The molecule has 0 spiro atoms. The number of benzene rings is 1. The van der Waals surface area contributed by atoms with E-state index in [0.717, 1.165) is 19.4 Å². The van der Waals surface area contributed by atoms with Gasteiger partial charge in [-0.05, 0) is 26.0 Å². The van der Waals surface area contributed by atoms with E-state index < -0.39 is 0 Å². The van der Waals surface area contributed by atoms with Crippen molar-refractivity contribution in [1.82, 2.24) is 10.6 Å². The lowest BCUT2D eigenvalue weighted by molar-refractivity contribution is -0.0828. The van der Waals surface area contributed by atoms with Gasteiger partial charge in [0.1, 0.15) is 17.7 Å².